The van der Waals surface area contributed by atoms with E-state index in [1.165, 1.54) is 0 Å². The fourth-order valence-corrected chi connectivity index (χ4v) is 0. The Kier molecular flexibility index (Phi) is 199. The molecule has 0 aromatic rings. The Bertz CT molecular complexity index is 6.00. The molecule has 0 aliphatic heterocycles. The zero-order valence-corrected chi connectivity index (χ0v) is 1.21. The third kappa shape index (κ3) is 9.07. The molecule has 0 fully saturated rings. The van der Waals surface area contributed by atoms with Crippen LogP contribution in [-0.2, 0) is 0 Å². The van der Waals surface area contributed by atoms with Gasteiger partial charge in [-0.05, 0) is 0 Å². The third-order valence-corrected chi connectivity index (χ3v) is 0. The molecule has 0 amide bonds. The molecule has 0 spiro atoms. The second kappa shape index (κ2) is 20.5. The van der Waals surface area contributed by atoms with Crippen LogP contribution < -0.4 is 6.15 Å². The van der Waals surface area contributed by atoms with Gasteiger partial charge in [-0.3, -0.25) is 0 Å². The quantitative estimate of drug-likeness (QED) is 0.339. The van der Waals surface area contributed by atoms with Crippen LogP contribution in [0, 0.1) is 0 Å². The molecule has 0 saturated heterocycles. The fourth-order valence-electron chi connectivity index (χ4n) is 0. The van der Waals surface area contributed by atoms with Crippen molar-refractivity contribution in [2.24, 2.45) is 0 Å². The molecule has 0 saturated carbocycles. The Morgan fingerprint density at radius 1 is 0.750 bits per heavy atom. The zero-order valence-electron chi connectivity index (χ0n) is 1.21. The second-order valence-electron chi connectivity index (χ2n) is 0. The Hall–Kier alpha value is 1.92. The minimum absolute atomic E-state index is 0. The van der Waals surface area contributed by atoms with Crippen LogP contribution in [0.4, 0.5) is 0 Å². The van der Waals surface area contributed by atoms with Gasteiger partial charge in [0.25, 0.3) is 0 Å². The van der Waals surface area contributed by atoms with Gasteiger partial charge in [-0.2, -0.15) is 0 Å². The van der Waals surface area contributed by atoms with Crippen molar-refractivity contribution in [3.63, 3.8) is 0 Å². The summed E-state index contributed by atoms with van der Waals surface area (Å²) in [6, 6.07) is 0. The van der Waals surface area contributed by atoms with Crippen molar-refractivity contribution in [2.75, 3.05) is 0 Å². The molecule has 20 valence electrons. The van der Waals surface area contributed by atoms with E-state index >= 15 is 0 Å². The van der Waals surface area contributed by atoms with Crippen LogP contribution in [0.2, 0.25) is 0 Å². The van der Waals surface area contributed by atoms with Crippen molar-refractivity contribution >= 4 is 59.1 Å². The van der Waals surface area contributed by atoms with Gasteiger partial charge < -0.3 is 11.6 Å². The molecule has 2 nitrogen and oxygen atoms in total. The van der Waals surface area contributed by atoms with Gasteiger partial charge in [-0.15, -0.1) is 0 Å². The minimum atomic E-state index is 0. The first-order valence-corrected chi connectivity index (χ1v) is 0. The SMILES string of the molecule is N.O.[NaH].[NaH]. The van der Waals surface area contributed by atoms with Crippen molar-refractivity contribution in [1.82, 2.24) is 6.15 Å². The normalized spacial score (nSPS) is 0. The Morgan fingerprint density at radius 3 is 0.750 bits per heavy atom. The van der Waals surface area contributed by atoms with E-state index < -0.39 is 0 Å². The molecule has 0 heterocycles. The monoisotopic (exact) mass is 83.0 g/mol. The van der Waals surface area contributed by atoms with E-state index in [1.54, 1.807) is 0 Å². The molecule has 0 aliphatic rings. The molecule has 0 aromatic heterocycles. The number of hydrogen-bond acceptors (Lipinski definition) is 1. The van der Waals surface area contributed by atoms with Gasteiger partial charge in [0.2, 0.25) is 0 Å². The average molecular weight is 83.0 g/mol. The van der Waals surface area contributed by atoms with E-state index in [-0.39, 0.29) is 70.7 Å². The van der Waals surface area contributed by atoms with Crippen LogP contribution in [0.15, 0.2) is 0 Å². The fraction of sp³-hybridized carbons (Fsp3) is 0. The summed E-state index contributed by atoms with van der Waals surface area (Å²) in [6.07, 6.45) is 0. The maximum absolute atomic E-state index is 0. The van der Waals surface area contributed by atoms with Crippen LogP contribution in [0.5, 0.6) is 0 Å². The van der Waals surface area contributed by atoms with Crippen LogP contribution in [0.1, 0.15) is 0 Å². The Labute approximate surface area is 69.8 Å². The van der Waals surface area contributed by atoms with E-state index in [4.69, 9.17) is 0 Å². The van der Waals surface area contributed by atoms with Gasteiger partial charge in [0.05, 0.1) is 0 Å². The van der Waals surface area contributed by atoms with Crippen molar-refractivity contribution in [3.8, 4) is 0 Å². The van der Waals surface area contributed by atoms with E-state index in [0.29, 0.717) is 0 Å². The molecule has 0 radical (unpaired) electrons. The first-order valence-electron chi connectivity index (χ1n) is 0. The molecule has 4 heteroatoms. The first-order chi connectivity index (χ1) is 0. The summed E-state index contributed by atoms with van der Waals surface area (Å²) in [7, 11) is 0. The van der Waals surface area contributed by atoms with Gasteiger partial charge in [0.1, 0.15) is 0 Å². The van der Waals surface area contributed by atoms with E-state index in [1.807, 2.05) is 0 Å². The molecule has 0 atom stereocenters. The standard InChI is InChI=1S/H3N.2Na.H2O.2H/h1H3;;;1H2;;. The summed E-state index contributed by atoms with van der Waals surface area (Å²) in [6.45, 7) is 0. The van der Waals surface area contributed by atoms with Crippen LogP contribution in [0.3, 0.4) is 0 Å². The van der Waals surface area contributed by atoms with Crippen LogP contribution >= 0.6 is 0 Å². The number of hydrogen-bond donors (Lipinski definition) is 1. The van der Waals surface area contributed by atoms with Crippen molar-refractivity contribution < 1.29 is 5.48 Å². The summed E-state index contributed by atoms with van der Waals surface area (Å²) in [5.74, 6) is 0. The summed E-state index contributed by atoms with van der Waals surface area (Å²) in [5, 5.41) is 0. The molecule has 0 aromatic carbocycles. The van der Waals surface area contributed by atoms with Gasteiger partial charge in [-0.1, -0.05) is 0 Å². The van der Waals surface area contributed by atoms with Crippen LogP contribution in [0.25, 0.3) is 0 Å². The molecule has 0 unspecified atom stereocenters. The summed E-state index contributed by atoms with van der Waals surface area (Å²) < 4.78 is 0. The van der Waals surface area contributed by atoms with Gasteiger partial charge in [0.15, 0.2) is 0 Å². The van der Waals surface area contributed by atoms with Crippen molar-refractivity contribution in [1.29, 1.82) is 0 Å². The van der Waals surface area contributed by atoms with Crippen molar-refractivity contribution in [2.45, 2.75) is 0 Å². The third-order valence-electron chi connectivity index (χ3n) is 0. The molecule has 0 bridgehead atoms. The Morgan fingerprint density at radius 2 is 0.750 bits per heavy atom. The molecule has 0 aliphatic carbocycles. The summed E-state index contributed by atoms with van der Waals surface area (Å²) >= 11 is 0. The van der Waals surface area contributed by atoms with Gasteiger partial charge in [-0.25, -0.2) is 0 Å². The van der Waals surface area contributed by atoms with Gasteiger partial charge in [0, 0.05) is 0 Å². The zero-order chi connectivity index (χ0) is 0. The van der Waals surface area contributed by atoms with E-state index in [9.17, 15) is 0 Å². The van der Waals surface area contributed by atoms with Crippen LogP contribution in [-0.4, -0.2) is 64.6 Å². The second-order valence-corrected chi connectivity index (χ2v) is 0. The molecule has 0 rings (SSSR count). The maximum atomic E-state index is 0. The van der Waals surface area contributed by atoms with Crippen molar-refractivity contribution in [3.05, 3.63) is 0 Å². The Balaban J connectivity index is 0. The van der Waals surface area contributed by atoms with E-state index in [2.05, 4.69) is 0 Å². The summed E-state index contributed by atoms with van der Waals surface area (Å²) in [4.78, 5) is 0. The molecular weight excluding hydrogens is 76.0 g/mol. The molecular formula is H7NNa2O. The van der Waals surface area contributed by atoms with Gasteiger partial charge >= 0.3 is 59.1 Å². The molecule has 5 N–H and O–H groups in total. The average Bonchev–Trinajstić information content (AvgIpc) is 0. The number of rotatable bonds is 0. The molecule has 4 heavy (non-hydrogen) atoms. The summed E-state index contributed by atoms with van der Waals surface area (Å²) in [5.41, 5.74) is 0. The topological polar surface area (TPSA) is 66.5 Å². The first kappa shape index (κ1) is 38.9. The predicted molar refractivity (Wildman–Crippen MR) is 22.9 cm³/mol. The predicted octanol–water partition coefficient (Wildman–Crippen LogP) is -1.96. The van der Waals surface area contributed by atoms with E-state index in [0.717, 1.165) is 0 Å².